The van der Waals surface area contributed by atoms with Gasteiger partial charge in [0.05, 0.1) is 17.6 Å². The van der Waals surface area contributed by atoms with Gasteiger partial charge in [-0.25, -0.2) is 0 Å². The van der Waals surface area contributed by atoms with Crippen molar-refractivity contribution in [3.63, 3.8) is 0 Å². The number of anilines is 1. The smallest absolute Gasteiger partial charge is 0.255 e. The minimum absolute atomic E-state index is 0.128. The fourth-order valence-electron chi connectivity index (χ4n) is 1.56. The van der Waals surface area contributed by atoms with Gasteiger partial charge in [-0.05, 0) is 48.0 Å². The van der Waals surface area contributed by atoms with Crippen molar-refractivity contribution in [2.24, 2.45) is 0 Å². The molecule has 0 spiro atoms. The van der Waals surface area contributed by atoms with E-state index in [2.05, 4.69) is 26.2 Å². The number of nitrogens with one attached hydrogen (secondary N) is 1. The second-order valence-corrected chi connectivity index (χ2v) is 4.97. The Morgan fingerprint density at radius 3 is 2.72 bits per heavy atom. The fraction of sp³-hybridized carbons (Fsp3) is 0.143. The van der Waals surface area contributed by atoms with E-state index in [-0.39, 0.29) is 5.91 Å². The first kappa shape index (κ1) is 12.8. The summed E-state index contributed by atoms with van der Waals surface area (Å²) in [5.74, 6) is -0.128. The topological polar surface area (TPSA) is 42.0 Å². The third-order valence-corrected chi connectivity index (χ3v) is 3.37. The molecule has 0 aliphatic carbocycles. The van der Waals surface area contributed by atoms with Crippen LogP contribution in [0.25, 0.3) is 0 Å². The maximum Gasteiger partial charge on any atom is 0.255 e. The highest BCUT2D eigenvalue weighted by Gasteiger charge is 2.07. The van der Waals surface area contributed by atoms with Gasteiger partial charge in [0.2, 0.25) is 0 Å². The Kier molecular flexibility index (Phi) is 3.77. The first-order valence-electron chi connectivity index (χ1n) is 5.56. The van der Waals surface area contributed by atoms with Crippen LogP contribution in [0.3, 0.4) is 0 Å². The highest BCUT2D eigenvalue weighted by Crippen LogP contribution is 2.18. The fourth-order valence-corrected chi connectivity index (χ4v) is 1.91. The summed E-state index contributed by atoms with van der Waals surface area (Å²) in [5.41, 5.74) is 3.28. The Bertz CT molecular complexity index is 596. The van der Waals surface area contributed by atoms with Crippen molar-refractivity contribution in [2.45, 2.75) is 13.8 Å². The lowest BCUT2D eigenvalue weighted by atomic mass is 10.1. The highest BCUT2D eigenvalue weighted by molar-refractivity contribution is 9.10. The molecule has 1 aromatic carbocycles. The summed E-state index contributed by atoms with van der Waals surface area (Å²) in [6.07, 6.45) is 1.65. The molecule has 18 heavy (non-hydrogen) atoms. The summed E-state index contributed by atoms with van der Waals surface area (Å²) in [5, 5.41) is 2.82. The number of carbonyl (C=O) groups is 1. The maximum absolute atomic E-state index is 12.0. The van der Waals surface area contributed by atoms with Gasteiger partial charge in [-0.3, -0.25) is 9.78 Å². The van der Waals surface area contributed by atoms with Crippen molar-refractivity contribution in [1.29, 1.82) is 0 Å². The number of hydrogen-bond acceptors (Lipinski definition) is 2. The van der Waals surface area contributed by atoms with E-state index in [1.165, 1.54) is 0 Å². The summed E-state index contributed by atoms with van der Waals surface area (Å²) < 4.78 is 0.879. The molecule has 0 aliphatic rings. The molecule has 2 rings (SSSR count). The molecule has 0 aliphatic heterocycles. The van der Waals surface area contributed by atoms with E-state index in [1.807, 2.05) is 38.1 Å². The molecule has 1 heterocycles. The lowest BCUT2D eigenvalue weighted by Crippen LogP contribution is -2.12. The molecule has 0 saturated carbocycles. The van der Waals surface area contributed by atoms with Gasteiger partial charge in [0.1, 0.15) is 0 Å². The molecule has 0 saturated heterocycles. The summed E-state index contributed by atoms with van der Waals surface area (Å²) in [6, 6.07) is 9.31. The van der Waals surface area contributed by atoms with Gasteiger partial charge >= 0.3 is 0 Å². The standard InChI is InChI=1S/C14H13BrN2O/c1-9-4-3-5-11(6-9)14(18)17-12-7-13(15)10(2)16-8-12/h3-8H,1-2H3,(H,17,18). The van der Waals surface area contributed by atoms with Crippen LogP contribution in [0.1, 0.15) is 21.6 Å². The molecule has 4 heteroatoms. The van der Waals surface area contributed by atoms with Crippen LogP contribution in [-0.2, 0) is 0 Å². The number of amides is 1. The van der Waals surface area contributed by atoms with Gasteiger partial charge in [0.15, 0.2) is 0 Å². The van der Waals surface area contributed by atoms with Crippen LogP contribution in [0.15, 0.2) is 41.0 Å². The Labute approximate surface area is 114 Å². The number of hydrogen-bond donors (Lipinski definition) is 1. The van der Waals surface area contributed by atoms with Crippen LogP contribution in [0.5, 0.6) is 0 Å². The predicted molar refractivity (Wildman–Crippen MR) is 75.8 cm³/mol. The lowest BCUT2D eigenvalue weighted by molar-refractivity contribution is 0.102. The van der Waals surface area contributed by atoms with Gasteiger partial charge in [0, 0.05) is 10.0 Å². The third kappa shape index (κ3) is 2.96. The van der Waals surface area contributed by atoms with Crippen LogP contribution >= 0.6 is 15.9 Å². The van der Waals surface area contributed by atoms with Crippen molar-refractivity contribution in [2.75, 3.05) is 5.32 Å². The maximum atomic E-state index is 12.0. The molecule has 0 bridgehead atoms. The summed E-state index contributed by atoms with van der Waals surface area (Å²) in [4.78, 5) is 16.2. The molecule has 0 atom stereocenters. The normalized spacial score (nSPS) is 10.2. The SMILES string of the molecule is Cc1cccc(C(=O)Nc2cnc(C)c(Br)c2)c1. The van der Waals surface area contributed by atoms with Crippen LogP contribution in [0, 0.1) is 13.8 Å². The first-order valence-corrected chi connectivity index (χ1v) is 6.36. The minimum atomic E-state index is -0.128. The van der Waals surface area contributed by atoms with E-state index in [4.69, 9.17) is 0 Å². The second kappa shape index (κ2) is 5.31. The molecular weight excluding hydrogens is 292 g/mol. The molecule has 0 radical (unpaired) electrons. The molecule has 0 fully saturated rings. The zero-order chi connectivity index (χ0) is 13.1. The average Bonchev–Trinajstić information content (AvgIpc) is 2.34. The number of aromatic nitrogens is 1. The quantitative estimate of drug-likeness (QED) is 0.919. The zero-order valence-corrected chi connectivity index (χ0v) is 11.8. The Balaban J connectivity index is 2.18. The lowest BCUT2D eigenvalue weighted by Gasteiger charge is -2.07. The Hall–Kier alpha value is -1.68. The molecule has 3 nitrogen and oxygen atoms in total. The largest absolute Gasteiger partial charge is 0.321 e. The number of nitrogens with zero attached hydrogens (tertiary/aromatic N) is 1. The third-order valence-electron chi connectivity index (χ3n) is 2.56. The van der Waals surface area contributed by atoms with E-state index in [0.717, 1.165) is 15.7 Å². The van der Waals surface area contributed by atoms with Crippen LogP contribution in [0.4, 0.5) is 5.69 Å². The molecule has 0 unspecified atom stereocenters. The Morgan fingerprint density at radius 2 is 2.06 bits per heavy atom. The van der Waals surface area contributed by atoms with Crippen molar-refractivity contribution in [3.05, 3.63) is 57.8 Å². The number of aryl methyl sites for hydroxylation is 2. The first-order chi connectivity index (χ1) is 8.56. The van der Waals surface area contributed by atoms with Crippen molar-refractivity contribution in [1.82, 2.24) is 4.98 Å². The molecule has 1 N–H and O–H groups in total. The van der Waals surface area contributed by atoms with Crippen LogP contribution < -0.4 is 5.32 Å². The number of pyridine rings is 1. The van der Waals surface area contributed by atoms with E-state index >= 15 is 0 Å². The molecular formula is C14H13BrN2O. The monoisotopic (exact) mass is 304 g/mol. The van der Waals surface area contributed by atoms with Gasteiger partial charge in [0.25, 0.3) is 5.91 Å². The number of carbonyl (C=O) groups excluding carboxylic acids is 1. The number of rotatable bonds is 2. The van der Waals surface area contributed by atoms with Crippen molar-refractivity contribution in [3.8, 4) is 0 Å². The molecule has 2 aromatic rings. The highest BCUT2D eigenvalue weighted by atomic mass is 79.9. The minimum Gasteiger partial charge on any atom is -0.321 e. The van der Waals surface area contributed by atoms with Crippen molar-refractivity contribution < 1.29 is 4.79 Å². The second-order valence-electron chi connectivity index (χ2n) is 4.11. The van der Waals surface area contributed by atoms with Crippen molar-refractivity contribution >= 4 is 27.5 Å². The van der Waals surface area contributed by atoms with Gasteiger partial charge < -0.3 is 5.32 Å². The van der Waals surface area contributed by atoms with Crippen LogP contribution in [-0.4, -0.2) is 10.9 Å². The van der Waals surface area contributed by atoms with E-state index in [9.17, 15) is 4.79 Å². The van der Waals surface area contributed by atoms with E-state index < -0.39 is 0 Å². The predicted octanol–water partition coefficient (Wildman–Crippen LogP) is 3.71. The number of benzene rings is 1. The summed E-state index contributed by atoms with van der Waals surface area (Å²) >= 11 is 3.39. The summed E-state index contributed by atoms with van der Waals surface area (Å²) in [6.45, 7) is 3.86. The number of halogens is 1. The van der Waals surface area contributed by atoms with Gasteiger partial charge in [-0.1, -0.05) is 17.7 Å². The summed E-state index contributed by atoms with van der Waals surface area (Å²) in [7, 11) is 0. The average molecular weight is 305 g/mol. The van der Waals surface area contributed by atoms with E-state index in [0.29, 0.717) is 11.3 Å². The molecule has 1 aromatic heterocycles. The van der Waals surface area contributed by atoms with E-state index in [1.54, 1.807) is 12.3 Å². The van der Waals surface area contributed by atoms with Gasteiger partial charge in [-0.2, -0.15) is 0 Å². The van der Waals surface area contributed by atoms with Crippen LogP contribution in [0.2, 0.25) is 0 Å². The molecule has 92 valence electrons. The van der Waals surface area contributed by atoms with Gasteiger partial charge in [-0.15, -0.1) is 0 Å². The molecule has 1 amide bonds. The zero-order valence-electron chi connectivity index (χ0n) is 10.2. The Morgan fingerprint density at radius 1 is 1.28 bits per heavy atom.